The SMILES string of the molecule is CCCNCc1c(C)nn(Cc2csc(CCC)n2)c1C. The van der Waals surface area contributed by atoms with E-state index in [1.54, 1.807) is 11.3 Å². The van der Waals surface area contributed by atoms with Crippen LogP contribution in [0.5, 0.6) is 0 Å². The van der Waals surface area contributed by atoms with Gasteiger partial charge in [0.1, 0.15) is 0 Å². The smallest absolute Gasteiger partial charge is 0.0928 e. The van der Waals surface area contributed by atoms with E-state index >= 15 is 0 Å². The van der Waals surface area contributed by atoms with Gasteiger partial charge in [0.15, 0.2) is 0 Å². The van der Waals surface area contributed by atoms with E-state index in [4.69, 9.17) is 4.98 Å². The maximum Gasteiger partial charge on any atom is 0.0928 e. The minimum atomic E-state index is 0.778. The molecule has 21 heavy (non-hydrogen) atoms. The van der Waals surface area contributed by atoms with Gasteiger partial charge in [-0.2, -0.15) is 5.10 Å². The first-order valence-corrected chi connectivity index (χ1v) is 8.70. The molecular weight excluding hydrogens is 280 g/mol. The number of nitrogens with one attached hydrogen (secondary N) is 1. The molecule has 0 unspecified atom stereocenters. The van der Waals surface area contributed by atoms with Gasteiger partial charge in [-0.3, -0.25) is 4.68 Å². The third kappa shape index (κ3) is 4.14. The lowest BCUT2D eigenvalue weighted by Gasteiger charge is -2.05. The molecule has 0 saturated heterocycles. The molecule has 4 nitrogen and oxygen atoms in total. The highest BCUT2D eigenvalue weighted by Crippen LogP contribution is 2.17. The Kier molecular flexibility index (Phi) is 5.94. The minimum absolute atomic E-state index is 0.778. The molecular formula is C16H26N4S. The topological polar surface area (TPSA) is 42.7 Å². The molecule has 0 aliphatic rings. The molecule has 0 amide bonds. The Bertz CT molecular complexity index is 571. The van der Waals surface area contributed by atoms with Gasteiger partial charge in [-0.1, -0.05) is 13.8 Å². The molecule has 0 saturated carbocycles. The van der Waals surface area contributed by atoms with Crippen LogP contribution < -0.4 is 5.32 Å². The molecule has 0 spiro atoms. The first-order chi connectivity index (χ1) is 10.2. The standard InChI is InChI=1S/C16H26N4S/c1-5-7-16-18-14(11-21-16)10-20-13(4)15(12(3)19-20)9-17-8-6-2/h11,17H,5-10H2,1-4H3. The Balaban J connectivity index is 2.07. The van der Waals surface area contributed by atoms with Gasteiger partial charge >= 0.3 is 0 Å². The van der Waals surface area contributed by atoms with Crippen LogP contribution in [0.25, 0.3) is 0 Å². The van der Waals surface area contributed by atoms with Gasteiger partial charge in [-0.05, 0) is 39.7 Å². The van der Waals surface area contributed by atoms with Crippen LogP contribution in [0.15, 0.2) is 5.38 Å². The van der Waals surface area contributed by atoms with Crippen molar-refractivity contribution in [3.63, 3.8) is 0 Å². The second-order valence-corrected chi connectivity index (χ2v) is 6.41. The highest BCUT2D eigenvalue weighted by Gasteiger charge is 2.12. The van der Waals surface area contributed by atoms with E-state index in [1.165, 1.54) is 16.3 Å². The van der Waals surface area contributed by atoms with Crippen LogP contribution in [-0.2, 0) is 19.5 Å². The Morgan fingerprint density at radius 1 is 1.24 bits per heavy atom. The summed E-state index contributed by atoms with van der Waals surface area (Å²) in [5.41, 5.74) is 4.83. The van der Waals surface area contributed by atoms with Gasteiger partial charge in [0, 0.05) is 23.2 Å². The highest BCUT2D eigenvalue weighted by atomic mass is 32.1. The lowest BCUT2D eigenvalue weighted by atomic mass is 10.2. The predicted octanol–water partition coefficient (Wildman–Crippen LogP) is 3.46. The molecule has 2 aromatic rings. The molecule has 2 rings (SSSR count). The van der Waals surface area contributed by atoms with Crippen molar-refractivity contribution in [2.45, 2.75) is 60.0 Å². The summed E-state index contributed by atoms with van der Waals surface area (Å²) in [6.45, 7) is 11.4. The van der Waals surface area contributed by atoms with Crippen LogP contribution in [0, 0.1) is 13.8 Å². The van der Waals surface area contributed by atoms with Crippen molar-refractivity contribution in [3.05, 3.63) is 33.0 Å². The van der Waals surface area contributed by atoms with Crippen molar-refractivity contribution in [1.82, 2.24) is 20.1 Å². The van der Waals surface area contributed by atoms with Crippen LogP contribution in [0.1, 0.15) is 54.3 Å². The summed E-state index contributed by atoms with van der Waals surface area (Å²) in [6.07, 6.45) is 3.39. The minimum Gasteiger partial charge on any atom is -0.313 e. The number of hydrogen-bond acceptors (Lipinski definition) is 4. The highest BCUT2D eigenvalue weighted by molar-refractivity contribution is 7.09. The van der Waals surface area contributed by atoms with Crippen molar-refractivity contribution in [1.29, 1.82) is 0 Å². The van der Waals surface area contributed by atoms with Gasteiger partial charge in [0.05, 0.1) is 22.9 Å². The fourth-order valence-electron chi connectivity index (χ4n) is 2.44. The third-order valence-corrected chi connectivity index (χ3v) is 4.59. The number of aromatic nitrogens is 3. The molecule has 0 fully saturated rings. The normalized spacial score (nSPS) is 11.2. The van der Waals surface area contributed by atoms with E-state index in [0.717, 1.165) is 50.3 Å². The maximum atomic E-state index is 4.69. The molecule has 0 aliphatic carbocycles. The van der Waals surface area contributed by atoms with Gasteiger partial charge in [0.25, 0.3) is 0 Å². The average Bonchev–Trinajstić information content (AvgIpc) is 2.99. The van der Waals surface area contributed by atoms with E-state index in [0.29, 0.717) is 0 Å². The fraction of sp³-hybridized carbons (Fsp3) is 0.625. The second kappa shape index (κ2) is 7.71. The third-order valence-electron chi connectivity index (χ3n) is 3.63. The van der Waals surface area contributed by atoms with Gasteiger partial charge in [0.2, 0.25) is 0 Å². The van der Waals surface area contributed by atoms with E-state index < -0.39 is 0 Å². The van der Waals surface area contributed by atoms with E-state index in [-0.39, 0.29) is 0 Å². The number of rotatable bonds is 8. The van der Waals surface area contributed by atoms with Crippen LogP contribution in [0.3, 0.4) is 0 Å². The molecule has 2 heterocycles. The summed E-state index contributed by atoms with van der Waals surface area (Å²) in [5.74, 6) is 0. The van der Waals surface area contributed by atoms with Crippen LogP contribution >= 0.6 is 11.3 Å². The number of nitrogens with zero attached hydrogens (tertiary/aromatic N) is 3. The maximum absolute atomic E-state index is 4.69. The van der Waals surface area contributed by atoms with E-state index in [2.05, 4.69) is 48.2 Å². The van der Waals surface area contributed by atoms with Crippen LogP contribution in [0.4, 0.5) is 0 Å². The Labute approximate surface area is 131 Å². The monoisotopic (exact) mass is 306 g/mol. The van der Waals surface area contributed by atoms with E-state index in [1.807, 2.05) is 0 Å². The lowest BCUT2D eigenvalue weighted by molar-refractivity contribution is 0.641. The quantitative estimate of drug-likeness (QED) is 0.760. The Hall–Kier alpha value is -1.20. The van der Waals surface area contributed by atoms with Crippen molar-refractivity contribution in [2.24, 2.45) is 0 Å². The van der Waals surface area contributed by atoms with Crippen LogP contribution in [-0.4, -0.2) is 21.3 Å². The Morgan fingerprint density at radius 3 is 2.76 bits per heavy atom. The number of thiazole rings is 1. The van der Waals surface area contributed by atoms with Crippen molar-refractivity contribution >= 4 is 11.3 Å². The molecule has 0 radical (unpaired) electrons. The first kappa shape index (κ1) is 16.2. The van der Waals surface area contributed by atoms with Gasteiger partial charge in [-0.15, -0.1) is 11.3 Å². The zero-order valence-corrected chi connectivity index (χ0v) is 14.4. The number of hydrogen-bond donors (Lipinski definition) is 1. The molecule has 0 aromatic carbocycles. The molecule has 0 atom stereocenters. The Morgan fingerprint density at radius 2 is 2.05 bits per heavy atom. The molecule has 116 valence electrons. The second-order valence-electron chi connectivity index (χ2n) is 5.47. The fourth-order valence-corrected chi connectivity index (χ4v) is 3.33. The molecule has 1 N–H and O–H groups in total. The average molecular weight is 306 g/mol. The summed E-state index contributed by atoms with van der Waals surface area (Å²) in [7, 11) is 0. The summed E-state index contributed by atoms with van der Waals surface area (Å²) in [5, 5.41) is 11.5. The van der Waals surface area contributed by atoms with Crippen LogP contribution in [0.2, 0.25) is 0 Å². The van der Waals surface area contributed by atoms with Crippen molar-refractivity contribution in [2.75, 3.05) is 6.54 Å². The van der Waals surface area contributed by atoms with Gasteiger partial charge in [-0.25, -0.2) is 4.98 Å². The van der Waals surface area contributed by atoms with E-state index in [9.17, 15) is 0 Å². The molecule has 5 heteroatoms. The summed E-state index contributed by atoms with van der Waals surface area (Å²) < 4.78 is 2.09. The first-order valence-electron chi connectivity index (χ1n) is 7.82. The van der Waals surface area contributed by atoms with Crippen molar-refractivity contribution in [3.8, 4) is 0 Å². The zero-order valence-electron chi connectivity index (χ0n) is 13.6. The molecule has 0 aliphatic heterocycles. The molecule has 2 aromatic heterocycles. The largest absolute Gasteiger partial charge is 0.313 e. The summed E-state index contributed by atoms with van der Waals surface area (Å²) in [4.78, 5) is 4.69. The van der Waals surface area contributed by atoms with Gasteiger partial charge < -0.3 is 5.32 Å². The molecule has 0 bridgehead atoms. The van der Waals surface area contributed by atoms with Crippen molar-refractivity contribution < 1.29 is 0 Å². The zero-order chi connectivity index (χ0) is 15.2. The lowest BCUT2D eigenvalue weighted by Crippen LogP contribution is -2.15. The summed E-state index contributed by atoms with van der Waals surface area (Å²) in [6, 6.07) is 0. The number of aryl methyl sites for hydroxylation is 2. The summed E-state index contributed by atoms with van der Waals surface area (Å²) >= 11 is 1.76. The predicted molar refractivity (Wildman–Crippen MR) is 88.9 cm³/mol.